The van der Waals surface area contributed by atoms with Crippen molar-refractivity contribution >= 4 is 11.9 Å². The molecule has 34 heavy (non-hydrogen) atoms. The second-order valence-corrected chi connectivity index (χ2v) is 8.21. The lowest BCUT2D eigenvalue weighted by molar-refractivity contribution is 0.103. The van der Waals surface area contributed by atoms with Crippen LogP contribution in [0.25, 0.3) is 6.08 Å². The molecule has 0 spiro atoms. The Hall–Kier alpha value is -4.39. The van der Waals surface area contributed by atoms with Crippen molar-refractivity contribution in [2.45, 2.75) is 19.4 Å². The normalized spacial score (nSPS) is 12.4. The Labute approximate surface area is 195 Å². The number of nitrogens with zero attached hydrogens (tertiary/aromatic N) is 4. The molecule has 4 aromatic rings. The van der Waals surface area contributed by atoms with Gasteiger partial charge in [0.05, 0.1) is 12.9 Å². The fraction of sp³-hybridized carbons (Fsp3) is 0.148. The van der Waals surface area contributed by atoms with Gasteiger partial charge in [0.25, 0.3) is 5.56 Å². The summed E-state index contributed by atoms with van der Waals surface area (Å²) < 4.78 is 1.49. The highest BCUT2D eigenvalue weighted by Crippen LogP contribution is 2.20. The monoisotopic (exact) mass is 450 g/mol. The summed E-state index contributed by atoms with van der Waals surface area (Å²) >= 11 is 0. The molecule has 0 radical (unpaired) electrons. The van der Waals surface area contributed by atoms with Gasteiger partial charge >= 0.3 is 0 Å². The van der Waals surface area contributed by atoms with E-state index in [0.29, 0.717) is 23.9 Å². The molecular weight excluding hydrogens is 428 g/mol. The van der Waals surface area contributed by atoms with Crippen LogP contribution >= 0.6 is 0 Å². The fourth-order valence-electron chi connectivity index (χ4n) is 4.13. The van der Waals surface area contributed by atoms with Gasteiger partial charge in [-0.05, 0) is 41.7 Å². The van der Waals surface area contributed by atoms with E-state index in [1.165, 1.54) is 23.2 Å². The van der Waals surface area contributed by atoms with Crippen LogP contribution in [0.15, 0.2) is 83.1 Å². The average molecular weight is 450 g/mol. The van der Waals surface area contributed by atoms with Gasteiger partial charge in [0, 0.05) is 35.8 Å². The van der Waals surface area contributed by atoms with Crippen LogP contribution in [-0.2, 0) is 13.0 Å². The lowest BCUT2D eigenvalue weighted by Gasteiger charge is -2.12. The number of aromatic hydroxyl groups is 1. The maximum atomic E-state index is 13.5. The topological polar surface area (TPSA) is 97.4 Å². The number of benzene rings is 2. The van der Waals surface area contributed by atoms with Gasteiger partial charge in [0.15, 0.2) is 11.4 Å². The summed E-state index contributed by atoms with van der Waals surface area (Å²) in [4.78, 5) is 38.3. The highest BCUT2D eigenvalue weighted by atomic mass is 16.3. The summed E-state index contributed by atoms with van der Waals surface area (Å²) in [7, 11) is 0. The highest BCUT2D eigenvalue weighted by Gasteiger charge is 2.19. The maximum Gasteiger partial charge on any atom is 0.253 e. The Morgan fingerprint density at radius 1 is 1.03 bits per heavy atom. The second-order valence-electron chi connectivity index (χ2n) is 8.21. The first-order valence-corrected chi connectivity index (χ1v) is 11.0. The quantitative estimate of drug-likeness (QED) is 0.454. The number of rotatable bonds is 6. The largest absolute Gasteiger partial charge is 0.504 e. The van der Waals surface area contributed by atoms with Crippen LogP contribution in [0.3, 0.4) is 0 Å². The standard InChI is InChI=1S/C27H22N4O3/c32-23-8-10-28-17-31(23)16-20-12-19(11-18-5-2-1-3-6-18)13-22(14-20)26(33)25-27(34)24-21(15-30-25)7-4-9-29-24/h1-3,5-8,10,12-15,17,34H,4,9,11,16H2. The van der Waals surface area contributed by atoms with Gasteiger partial charge in [0.2, 0.25) is 5.78 Å². The Bertz CT molecular complexity index is 1560. The van der Waals surface area contributed by atoms with Crippen molar-refractivity contribution in [3.05, 3.63) is 122 Å². The molecule has 7 heteroatoms. The van der Waals surface area contributed by atoms with Gasteiger partial charge < -0.3 is 5.11 Å². The molecular formula is C27H22N4O3. The van der Waals surface area contributed by atoms with Crippen LogP contribution < -0.4 is 16.1 Å². The summed E-state index contributed by atoms with van der Waals surface area (Å²) in [6, 6.07) is 16.9. The molecule has 0 aliphatic carbocycles. The van der Waals surface area contributed by atoms with Crippen LogP contribution in [0.4, 0.5) is 0 Å². The van der Waals surface area contributed by atoms with E-state index >= 15 is 0 Å². The first-order chi connectivity index (χ1) is 16.6. The van der Waals surface area contributed by atoms with Crippen molar-refractivity contribution in [1.29, 1.82) is 0 Å². The summed E-state index contributed by atoms with van der Waals surface area (Å²) in [6.45, 7) is 0.832. The van der Waals surface area contributed by atoms with Crippen molar-refractivity contribution in [3.8, 4) is 5.75 Å². The Balaban J connectivity index is 1.58. The molecule has 7 nitrogen and oxygen atoms in total. The number of carbonyl (C=O) groups excluding carboxylic acids is 1. The molecule has 1 aliphatic heterocycles. The Morgan fingerprint density at radius 3 is 2.68 bits per heavy atom. The number of hydrogen-bond acceptors (Lipinski definition) is 6. The minimum Gasteiger partial charge on any atom is -0.504 e. The third kappa shape index (κ3) is 4.41. The van der Waals surface area contributed by atoms with Gasteiger partial charge in [0.1, 0.15) is 5.36 Å². The minimum atomic E-state index is -0.393. The molecule has 0 fully saturated rings. The summed E-state index contributed by atoms with van der Waals surface area (Å²) in [5, 5.41) is 11.9. The molecule has 0 amide bonds. The number of fused-ring (bicyclic) bond motifs is 1. The number of aromatic nitrogens is 3. The van der Waals surface area contributed by atoms with Crippen LogP contribution in [0.2, 0.25) is 0 Å². The van der Waals surface area contributed by atoms with E-state index in [-0.39, 0.29) is 23.5 Å². The van der Waals surface area contributed by atoms with Crippen molar-refractivity contribution in [1.82, 2.24) is 14.5 Å². The second kappa shape index (κ2) is 9.23. The predicted molar refractivity (Wildman–Crippen MR) is 127 cm³/mol. The number of hydrogen-bond donors (Lipinski definition) is 1. The molecule has 0 bridgehead atoms. The van der Waals surface area contributed by atoms with Crippen LogP contribution in [0, 0.1) is 0 Å². The average Bonchev–Trinajstić information content (AvgIpc) is 2.86. The molecule has 0 unspecified atom stereocenters. The van der Waals surface area contributed by atoms with Crippen molar-refractivity contribution in [2.24, 2.45) is 4.99 Å². The zero-order valence-corrected chi connectivity index (χ0v) is 18.4. The van der Waals surface area contributed by atoms with E-state index in [2.05, 4.69) is 15.0 Å². The Morgan fingerprint density at radius 2 is 1.85 bits per heavy atom. The van der Waals surface area contributed by atoms with Gasteiger partial charge in [-0.2, -0.15) is 0 Å². The molecule has 2 aromatic carbocycles. The molecule has 3 heterocycles. The first-order valence-electron chi connectivity index (χ1n) is 11.0. The molecule has 5 rings (SSSR count). The van der Waals surface area contributed by atoms with Crippen molar-refractivity contribution in [2.75, 3.05) is 6.54 Å². The summed E-state index contributed by atoms with van der Waals surface area (Å²) in [5.74, 6) is -0.590. The first kappa shape index (κ1) is 21.5. The smallest absolute Gasteiger partial charge is 0.253 e. The van der Waals surface area contributed by atoms with Gasteiger partial charge in [-0.1, -0.05) is 42.5 Å². The molecule has 168 valence electrons. The maximum absolute atomic E-state index is 13.5. The molecule has 0 saturated carbocycles. The van der Waals surface area contributed by atoms with E-state index in [9.17, 15) is 14.7 Å². The van der Waals surface area contributed by atoms with Gasteiger partial charge in [-0.3, -0.25) is 19.1 Å². The van der Waals surface area contributed by atoms with E-state index < -0.39 is 5.78 Å². The van der Waals surface area contributed by atoms with Gasteiger partial charge in [-0.15, -0.1) is 0 Å². The lowest BCUT2D eigenvalue weighted by Crippen LogP contribution is -2.31. The van der Waals surface area contributed by atoms with E-state index in [1.54, 1.807) is 12.3 Å². The van der Waals surface area contributed by atoms with Crippen molar-refractivity contribution < 1.29 is 9.90 Å². The van der Waals surface area contributed by atoms with E-state index in [0.717, 1.165) is 28.3 Å². The fourth-order valence-corrected chi connectivity index (χ4v) is 4.13. The minimum absolute atomic E-state index is 0.0286. The zero-order chi connectivity index (χ0) is 23.5. The number of ketones is 1. The predicted octanol–water partition coefficient (Wildman–Crippen LogP) is 2.02. The highest BCUT2D eigenvalue weighted by molar-refractivity contribution is 6.09. The van der Waals surface area contributed by atoms with Crippen LogP contribution in [-0.4, -0.2) is 32.0 Å². The Kier molecular flexibility index (Phi) is 5.82. The van der Waals surface area contributed by atoms with Crippen LogP contribution in [0.1, 0.15) is 39.2 Å². The molecule has 1 aliphatic rings. The number of pyridine rings is 1. The molecule has 1 N–H and O–H groups in total. The molecule has 0 saturated heterocycles. The van der Waals surface area contributed by atoms with Crippen LogP contribution in [0.5, 0.6) is 5.75 Å². The van der Waals surface area contributed by atoms with Crippen molar-refractivity contribution in [3.63, 3.8) is 0 Å². The lowest BCUT2D eigenvalue weighted by atomic mass is 9.96. The summed E-state index contributed by atoms with van der Waals surface area (Å²) in [5.41, 5.74) is 2.98. The summed E-state index contributed by atoms with van der Waals surface area (Å²) in [6.07, 6.45) is 7.85. The van der Waals surface area contributed by atoms with E-state index in [4.69, 9.17) is 0 Å². The number of carbonyl (C=O) groups is 1. The zero-order valence-electron chi connectivity index (χ0n) is 18.4. The van der Waals surface area contributed by atoms with E-state index in [1.807, 2.05) is 48.5 Å². The van der Waals surface area contributed by atoms with Gasteiger partial charge in [-0.25, -0.2) is 9.97 Å². The third-order valence-corrected chi connectivity index (χ3v) is 5.74. The SMILES string of the molecule is O=C(c1cc(Cc2ccccc2)cc(Cn2cnccc2=O)c1)c1ncc2c(c1O)=NCCC=2. The molecule has 0 atom stereocenters. The molecule has 2 aromatic heterocycles. The third-order valence-electron chi connectivity index (χ3n) is 5.74.